The van der Waals surface area contributed by atoms with Gasteiger partial charge in [-0.1, -0.05) is 29.8 Å². The summed E-state index contributed by atoms with van der Waals surface area (Å²) in [5, 5.41) is 0.217. The molecule has 0 aliphatic heterocycles. The van der Waals surface area contributed by atoms with E-state index in [1.165, 1.54) is 17.4 Å². The molecule has 0 bridgehead atoms. The molecular formula is C17H20ClNO3S. The molecule has 124 valence electrons. The molecule has 0 unspecified atom stereocenters. The molecule has 0 aliphatic carbocycles. The van der Waals surface area contributed by atoms with Crippen molar-refractivity contribution in [2.75, 3.05) is 20.2 Å². The molecule has 23 heavy (non-hydrogen) atoms. The molecule has 0 amide bonds. The summed E-state index contributed by atoms with van der Waals surface area (Å²) in [6.45, 7) is 4.49. The number of benzene rings is 2. The first kappa shape index (κ1) is 17.8. The van der Waals surface area contributed by atoms with Crippen molar-refractivity contribution >= 4 is 21.6 Å². The van der Waals surface area contributed by atoms with Gasteiger partial charge in [0.05, 0.1) is 5.02 Å². The van der Waals surface area contributed by atoms with Crippen molar-refractivity contribution in [3.63, 3.8) is 0 Å². The summed E-state index contributed by atoms with van der Waals surface area (Å²) < 4.78 is 31.9. The third-order valence-electron chi connectivity index (χ3n) is 3.39. The quantitative estimate of drug-likeness (QED) is 0.796. The second kappa shape index (κ2) is 7.34. The van der Waals surface area contributed by atoms with Crippen molar-refractivity contribution in [2.24, 2.45) is 0 Å². The molecule has 2 aromatic rings. The number of sulfonamides is 1. The molecule has 0 saturated carbocycles. The Hall–Kier alpha value is -1.56. The van der Waals surface area contributed by atoms with Crippen LogP contribution < -0.4 is 4.74 Å². The van der Waals surface area contributed by atoms with Crippen LogP contribution in [0.15, 0.2) is 47.4 Å². The lowest BCUT2D eigenvalue weighted by Crippen LogP contribution is -2.31. The molecule has 6 heteroatoms. The molecule has 4 nitrogen and oxygen atoms in total. The summed E-state index contributed by atoms with van der Waals surface area (Å²) in [6.07, 6.45) is 0. The Morgan fingerprint density at radius 1 is 1.09 bits per heavy atom. The lowest BCUT2D eigenvalue weighted by molar-refractivity contribution is 0.286. The fourth-order valence-electron chi connectivity index (χ4n) is 2.25. The molecule has 0 saturated heterocycles. The number of rotatable bonds is 6. The van der Waals surface area contributed by atoms with Crippen molar-refractivity contribution in [2.45, 2.75) is 18.7 Å². The summed E-state index contributed by atoms with van der Waals surface area (Å²) in [5.41, 5.74) is 2.22. The first-order valence-electron chi connectivity index (χ1n) is 7.22. The number of aryl methyl sites for hydroxylation is 2. The van der Waals surface area contributed by atoms with Gasteiger partial charge < -0.3 is 4.74 Å². The lowest BCUT2D eigenvalue weighted by atomic mass is 10.1. The maximum Gasteiger partial charge on any atom is 0.244 e. The molecule has 0 N–H and O–H groups in total. The van der Waals surface area contributed by atoms with Crippen LogP contribution in [0.3, 0.4) is 0 Å². The Morgan fingerprint density at radius 3 is 2.30 bits per heavy atom. The van der Waals surface area contributed by atoms with Crippen LogP contribution in [0.25, 0.3) is 0 Å². The summed E-state index contributed by atoms with van der Waals surface area (Å²) in [6, 6.07) is 12.3. The van der Waals surface area contributed by atoms with Gasteiger partial charge in [0.2, 0.25) is 10.0 Å². The van der Waals surface area contributed by atoms with Gasteiger partial charge >= 0.3 is 0 Å². The maximum atomic E-state index is 12.5. The van der Waals surface area contributed by atoms with Crippen LogP contribution in [0.1, 0.15) is 11.1 Å². The van der Waals surface area contributed by atoms with Gasteiger partial charge in [0.25, 0.3) is 0 Å². The largest absolute Gasteiger partial charge is 0.492 e. The van der Waals surface area contributed by atoms with Crippen molar-refractivity contribution in [1.29, 1.82) is 0 Å². The minimum absolute atomic E-state index is 0.107. The molecule has 0 atom stereocenters. The summed E-state index contributed by atoms with van der Waals surface area (Å²) in [4.78, 5) is 0.107. The SMILES string of the molecule is Cc1cc(C)cc(OCCN(C)S(=O)(=O)c2ccccc2Cl)c1. The van der Waals surface area contributed by atoms with Gasteiger partial charge in [0.15, 0.2) is 0 Å². The highest BCUT2D eigenvalue weighted by Crippen LogP contribution is 2.23. The van der Waals surface area contributed by atoms with Crippen LogP contribution in [0.4, 0.5) is 0 Å². The van der Waals surface area contributed by atoms with Crippen LogP contribution in [0.5, 0.6) is 5.75 Å². The number of hydrogen-bond donors (Lipinski definition) is 0. The standard InChI is InChI=1S/C17H20ClNO3S/c1-13-10-14(2)12-15(11-13)22-9-8-19(3)23(20,21)17-7-5-4-6-16(17)18/h4-7,10-12H,8-9H2,1-3H3. The minimum Gasteiger partial charge on any atom is -0.492 e. The van der Waals surface area contributed by atoms with E-state index in [2.05, 4.69) is 6.07 Å². The molecule has 0 spiro atoms. The fourth-order valence-corrected chi connectivity index (χ4v) is 3.89. The van der Waals surface area contributed by atoms with Crippen LogP contribution in [0, 0.1) is 13.8 Å². The highest BCUT2D eigenvalue weighted by atomic mass is 35.5. The zero-order chi connectivity index (χ0) is 17.0. The highest BCUT2D eigenvalue weighted by molar-refractivity contribution is 7.89. The molecule has 0 aromatic heterocycles. The van der Waals surface area contributed by atoms with Crippen LogP contribution in [0.2, 0.25) is 5.02 Å². The highest BCUT2D eigenvalue weighted by Gasteiger charge is 2.22. The predicted molar refractivity (Wildman–Crippen MR) is 92.7 cm³/mol. The summed E-state index contributed by atoms with van der Waals surface area (Å²) in [7, 11) is -2.10. The van der Waals surface area contributed by atoms with Crippen molar-refractivity contribution < 1.29 is 13.2 Å². The number of likely N-dealkylation sites (N-methyl/N-ethyl adjacent to an activating group) is 1. The Labute approximate surface area is 142 Å². The van der Waals surface area contributed by atoms with Gasteiger partial charge in [-0.15, -0.1) is 0 Å². The van der Waals surface area contributed by atoms with E-state index in [9.17, 15) is 8.42 Å². The topological polar surface area (TPSA) is 46.6 Å². The number of nitrogens with zero attached hydrogens (tertiary/aromatic N) is 1. The molecule has 2 aromatic carbocycles. The third kappa shape index (κ3) is 4.47. The average Bonchev–Trinajstić information content (AvgIpc) is 2.46. The van der Waals surface area contributed by atoms with E-state index in [1.807, 2.05) is 26.0 Å². The Morgan fingerprint density at radius 2 is 1.70 bits per heavy atom. The lowest BCUT2D eigenvalue weighted by Gasteiger charge is -2.18. The van der Waals surface area contributed by atoms with Crippen molar-refractivity contribution in [3.05, 3.63) is 58.6 Å². The van der Waals surface area contributed by atoms with Gasteiger partial charge in [-0.3, -0.25) is 0 Å². The first-order valence-corrected chi connectivity index (χ1v) is 9.04. The van der Waals surface area contributed by atoms with Crippen molar-refractivity contribution in [3.8, 4) is 5.75 Å². The van der Waals surface area contributed by atoms with Crippen molar-refractivity contribution in [1.82, 2.24) is 4.31 Å². The summed E-state index contributed by atoms with van der Waals surface area (Å²) >= 11 is 5.98. The minimum atomic E-state index is -3.62. The van der Waals surface area contributed by atoms with Gasteiger partial charge in [0, 0.05) is 13.6 Å². The van der Waals surface area contributed by atoms with Crippen LogP contribution in [-0.4, -0.2) is 32.9 Å². The third-order valence-corrected chi connectivity index (χ3v) is 5.75. The van der Waals surface area contributed by atoms with E-state index in [-0.39, 0.29) is 23.1 Å². The van der Waals surface area contributed by atoms with Gasteiger partial charge in [0.1, 0.15) is 17.3 Å². The first-order chi connectivity index (χ1) is 10.8. The van der Waals surface area contributed by atoms with E-state index in [0.717, 1.165) is 16.9 Å². The zero-order valence-electron chi connectivity index (χ0n) is 13.4. The number of ether oxygens (including phenoxy) is 1. The van der Waals surface area contributed by atoms with Gasteiger partial charge in [-0.25, -0.2) is 8.42 Å². The smallest absolute Gasteiger partial charge is 0.244 e. The Kier molecular flexibility index (Phi) is 5.68. The molecule has 0 radical (unpaired) electrons. The van der Waals surface area contributed by atoms with E-state index in [4.69, 9.17) is 16.3 Å². The number of halogens is 1. The average molecular weight is 354 g/mol. The monoisotopic (exact) mass is 353 g/mol. The number of hydrogen-bond acceptors (Lipinski definition) is 3. The molecule has 2 rings (SSSR count). The summed E-state index contributed by atoms with van der Waals surface area (Å²) in [5.74, 6) is 0.742. The van der Waals surface area contributed by atoms with E-state index in [1.54, 1.807) is 18.2 Å². The predicted octanol–water partition coefficient (Wildman–Crippen LogP) is 3.66. The maximum absolute atomic E-state index is 12.5. The second-order valence-electron chi connectivity index (χ2n) is 5.43. The fraction of sp³-hybridized carbons (Fsp3) is 0.294. The van der Waals surface area contributed by atoms with E-state index in [0.29, 0.717) is 0 Å². The molecule has 0 fully saturated rings. The Bertz CT molecular complexity index is 770. The Balaban J connectivity index is 2.02. The molecule has 0 aliphatic rings. The van der Waals surface area contributed by atoms with Crippen LogP contribution in [-0.2, 0) is 10.0 Å². The second-order valence-corrected chi connectivity index (χ2v) is 7.85. The van der Waals surface area contributed by atoms with Gasteiger partial charge in [-0.05, 0) is 49.2 Å². The van der Waals surface area contributed by atoms with Crippen LogP contribution >= 0.6 is 11.6 Å². The zero-order valence-corrected chi connectivity index (χ0v) is 15.0. The van der Waals surface area contributed by atoms with E-state index < -0.39 is 10.0 Å². The van der Waals surface area contributed by atoms with E-state index >= 15 is 0 Å². The normalized spacial score (nSPS) is 11.7. The van der Waals surface area contributed by atoms with Gasteiger partial charge in [-0.2, -0.15) is 4.31 Å². The molecule has 0 heterocycles. The molecular weight excluding hydrogens is 334 g/mol.